The first-order valence-corrected chi connectivity index (χ1v) is 13.9. The lowest BCUT2D eigenvalue weighted by atomic mass is 9.84. The quantitative estimate of drug-likeness (QED) is 0.196. The third kappa shape index (κ3) is 5.74. The van der Waals surface area contributed by atoms with Gasteiger partial charge in [-0.1, -0.05) is 39.0 Å². The summed E-state index contributed by atoms with van der Waals surface area (Å²) < 4.78 is 5.85. The fraction of sp³-hybridized carbons (Fsp3) is 0.364. The Balaban J connectivity index is 1.87. The number of nitrogens with zero attached hydrogens (tertiary/aromatic N) is 3. The molecule has 4 rings (SSSR count). The summed E-state index contributed by atoms with van der Waals surface area (Å²) in [5.74, 6) is -0.818. The van der Waals surface area contributed by atoms with Crippen molar-refractivity contribution in [2.75, 3.05) is 24.6 Å². The van der Waals surface area contributed by atoms with Crippen molar-refractivity contribution in [3.8, 4) is 5.75 Å². The Bertz CT molecular complexity index is 1390. The molecule has 2 aromatic carbocycles. The van der Waals surface area contributed by atoms with Gasteiger partial charge in [-0.25, -0.2) is 0 Å². The van der Waals surface area contributed by atoms with Gasteiger partial charge in [-0.05, 0) is 73.7 Å². The SMILES string of the molecule is CCOc1ccc(/C(O)=C2/C(=O)C(=O)N(Cc3cccnc3)C2c2ccc(N(CC)CC)cc2)cc1C(C)(C)C. The van der Waals surface area contributed by atoms with Crippen molar-refractivity contribution in [1.29, 1.82) is 0 Å². The lowest BCUT2D eigenvalue weighted by Gasteiger charge is -2.27. The van der Waals surface area contributed by atoms with Crippen LogP contribution in [-0.2, 0) is 21.5 Å². The second kappa shape index (κ2) is 11.9. The summed E-state index contributed by atoms with van der Waals surface area (Å²) >= 11 is 0. The number of hydrogen-bond donors (Lipinski definition) is 1. The van der Waals surface area contributed by atoms with E-state index in [2.05, 4.69) is 44.5 Å². The van der Waals surface area contributed by atoms with Gasteiger partial charge in [0.25, 0.3) is 11.7 Å². The highest BCUT2D eigenvalue weighted by molar-refractivity contribution is 6.46. The van der Waals surface area contributed by atoms with Crippen LogP contribution in [0.1, 0.15) is 69.8 Å². The summed E-state index contributed by atoms with van der Waals surface area (Å²) in [6, 6.07) is 16.2. The van der Waals surface area contributed by atoms with Crippen molar-refractivity contribution < 1.29 is 19.4 Å². The second-order valence-electron chi connectivity index (χ2n) is 10.9. The number of aromatic nitrogens is 1. The number of ketones is 1. The van der Waals surface area contributed by atoms with Crippen LogP contribution >= 0.6 is 0 Å². The van der Waals surface area contributed by atoms with Gasteiger partial charge in [-0.2, -0.15) is 0 Å². The Morgan fingerprint density at radius 1 is 1.02 bits per heavy atom. The molecule has 0 bridgehead atoms. The van der Waals surface area contributed by atoms with Gasteiger partial charge in [0.05, 0.1) is 18.2 Å². The molecule has 0 aliphatic carbocycles. The fourth-order valence-electron chi connectivity index (χ4n) is 5.23. The van der Waals surface area contributed by atoms with Crippen LogP contribution in [0.15, 0.2) is 72.6 Å². The van der Waals surface area contributed by atoms with E-state index in [0.717, 1.165) is 41.2 Å². The molecule has 1 amide bonds. The number of likely N-dealkylation sites (tertiary alicyclic amines) is 1. The van der Waals surface area contributed by atoms with Crippen molar-refractivity contribution in [3.05, 3.63) is 94.8 Å². The van der Waals surface area contributed by atoms with Crippen molar-refractivity contribution in [2.24, 2.45) is 0 Å². The summed E-state index contributed by atoms with van der Waals surface area (Å²) in [6.07, 6.45) is 3.35. The molecule has 1 aromatic heterocycles. The van der Waals surface area contributed by atoms with Crippen molar-refractivity contribution in [2.45, 2.75) is 59.5 Å². The highest BCUT2D eigenvalue weighted by atomic mass is 16.5. The van der Waals surface area contributed by atoms with E-state index >= 15 is 0 Å². The molecule has 1 atom stereocenters. The number of carbonyl (C=O) groups excluding carboxylic acids is 2. The van der Waals surface area contributed by atoms with Crippen LogP contribution in [0.4, 0.5) is 5.69 Å². The zero-order chi connectivity index (χ0) is 29.0. The fourth-order valence-corrected chi connectivity index (χ4v) is 5.23. The second-order valence-corrected chi connectivity index (χ2v) is 10.9. The number of Topliss-reactive ketones (excluding diaryl/α,β-unsaturated/α-hetero) is 1. The van der Waals surface area contributed by atoms with Crippen LogP contribution in [0.3, 0.4) is 0 Å². The van der Waals surface area contributed by atoms with Gasteiger partial charge >= 0.3 is 0 Å². The number of aliphatic hydroxyl groups excluding tert-OH is 1. The number of ether oxygens (including phenoxy) is 1. The van der Waals surface area contributed by atoms with Gasteiger partial charge in [0.2, 0.25) is 0 Å². The molecule has 7 heteroatoms. The zero-order valence-corrected chi connectivity index (χ0v) is 24.3. The maximum absolute atomic E-state index is 13.6. The van der Waals surface area contributed by atoms with Gasteiger partial charge in [0, 0.05) is 48.8 Å². The Morgan fingerprint density at radius 2 is 1.73 bits per heavy atom. The van der Waals surface area contributed by atoms with Crippen LogP contribution < -0.4 is 9.64 Å². The smallest absolute Gasteiger partial charge is 0.295 e. The van der Waals surface area contributed by atoms with Crippen molar-refractivity contribution >= 4 is 23.1 Å². The van der Waals surface area contributed by atoms with Crippen LogP contribution in [0.5, 0.6) is 5.75 Å². The first-order chi connectivity index (χ1) is 19.1. The molecular weight excluding hydrogens is 502 g/mol. The zero-order valence-electron chi connectivity index (χ0n) is 24.3. The number of hydrogen-bond acceptors (Lipinski definition) is 6. The van der Waals surface area contributed by atoms with E-state index in [9.17, 15) is 14.7 Å². The molecule has 210 valence electrons. The summed E-state index contributed by atoms with van der Waals surface area (Å²) in [7, 11) is 0. The monoisotopic (exact) mass is 541 g/mol. The van der Waals surface area contributed by atoms with E-state index in [-0.39, 0.29) is 23.3 Å². The van der Waals surface area contributed by atoms with Gasteiger partial charge in [0.1, 0.15) is 11.5 Å². The minimum Gasteiger partial charge on any atom is -0.507 e. The summed E-state index contributed by atoms with van der Waals surface area (Å²) in [5, 5.41) is 11.7. The Kier molecular flexibility index (Phi) is 8.62. The average molecular weight is 542 g/mol. The number of benzene rings is 2. The molecular formula is C33H39N3O4. The van der Waals surface area contributed by atoms with Crippen molar-refractivity contribution in [3.63, 3.8) is 0 Å². The van der Waals surface area contributed by atoms with Gasteiger partial charge < -0.3 is 19.6 Å². The van der Waals surface area contributed by atoms with Crippen LogP contribution in [0, 0.1) is 0 Å². The van der Waals surface area contributed by atoms with Gasteiger partial charge in [-0.3, -0.25) is 14.6 Å². The molecule has 1 N–H and O–H groups in total. The van der Waals surface area contributed by atoms with Crippen molar-refractivity contribution in [1.82, 2.24) is 9.88 Å². The molecule has 1 aliphatic rings. The molecule has 2 heterocycles. The average Bonchev–Trinajstić information content (AvgIpc) is 3.19. The molecule has 40 heavy (non-hydrogen) atoms. The third-order valence-corrected chi connectivity index (χ3v) is 7.31. The summed E-state index contributed by atoms with van der Waals surface area (Å²) in [6.45, 7) is 14.8. The molecule has 0 saturated carbocycles. The normalized spacial score (nSPS) is 16.9. The minimum absolute atomic E-state index is 0.0773. The molecule has 1 saturated heterocycles. The van der Waals surface area contributed by atoms with E-state index in [0.29, 0.717) is 12.2 Å². The maximum Gasteiger partial charge on any atom is 0.295 e. The number of rotatable bonds is 9. The third-order valence-electron chi connectivity index (χ3n) is 7.31. The van der Waals surface area contributed by atoms with Crippen LogP contribution in [0.2, 0.25) is 0 Å². The molecule has 0 spiro atoms. The summed E-state index contributed by atoms with van der Waals surface area (Å²) in [4.78, 5) is 34.9. The Hall–Kier alpha value is -4.13. The minimum atomic E-state index is -0.754. The highest BCUT2D eigenvalue weighted by Gasteiger charge is 2.46. The molecule has 7 nitrogen and oxygen atoms in total. The summed E-state index contributed by atoms with van der Waals surface area (Å²) in [5.41, 5.74) is 3.79. The van der Waals surface area contributed by atoms with E-state index in [1.807, 2.05) is 49.4 Å². The largest absolute Gasteiger partial charge is 0.507 e. The molecule has 1 fully saturated rings. The van der Waals surface area contributed by atoms with E-state index in [4.69, 9.17) is 4.74 Å². The number of amides is 1. The first-order valence-electron chi connectivity index (χ1n) is 13.9. The van der Waals surface area contributed by atoms with Crippen LogP contribution in [0.25, 0.3) is 5.76 Å². The lowest BCUT2D eigenvalue weighted by molar-refractivity contribution is -0.140. The number of aliphatic hydroxyl groups is 1. The first kappa shape index (κ1) is 28.9. The van der Waals surface area contributed by atoms with Gasteiger partial charge in [-0.15, -0.1) is 0 Å². The predicted molar refractivity (Wildman–Crippen MR) is 158 cm³/mol. The predicted octanol–water partition coefficient (Wildman–Crippen LogP) is 6.25. The molecule has 0 radical (unpaired) electrons. The van der Waals surface area contributed by atoms with E-state index in [1.54, 1.807) is 24.5 Å². The number of anilines is 1. The maximum atomic E-state index is 13.6. The number of pyridine rings is 1. The highest BCUT2D eigenvalue weighted by Crippen LogP contribution is 2.42. The number of carbonyl (C=O) groups is 2. The van der Waals surface area contributed by atoms with E-state index < -0.39 is 17.7 Å². The molecule has 1 aliphatic heterocycles. The molecule has 1 unspecified atom stereocenters. The topological polar surface area (TPSA) is 83.0 Å². The van der Waals surface area contributed by atoms with Gasteiger partial charge in [0.15, 0.2) is 0 Å². The lowest BCUT2D eigenvalue weighted by Crippen LogP contribution is -2.29. The standard InChI is InChI=1S/C33H39N3O4/c1-7-35(8-2)25-15-12-23(13-16-25)29-28(31(38)32(39)36(29)21-22-11-10-18-34-20-22)30(37)24-14-17-27(40-9-3)26(19-24)33(4,5)6/h10-20,29,37H,7-9,21H2,1-6H3/b30-28-. The van der Waals surface area contributed by atoms with Crippen LogP contribution in [-0.4, -0.2) is 46.4 Å². The molecule has 3 aromatic rings. The Labute approximate surface area is 237 Å². The Morgan fingerprint density at radius 3 is 2.30 bits per heavy atom. The van der Waals surface area contributed by atoms with E-state index in [1.165, 1.54) is 4.90 Å².